The van der Waals surface area contributed by atoms with Crippen molar-refractivity contribution < 1.29 is 0 Å². The number of pyridine rings is 1. The van der Waals surface area contributed by atoms with Crippen LogP contribution in [0.2, 0.25) is 0 Å². The monoisotopic (exact) mass is 265 g/mol. The van der Waals surface area contributed by atoms with Crippen LogP contribution in [0.25, 0.3) is 0 Å². The van der Waals surface area contributed by atoms with Crippen LogP contribution in [0.15, 0.2) is 54.9 Å². The standard InChI is InChI=1S/C17H19N3/c1-20(12-9-15-7-10-19-11-8-15)14-17(13-18)16-5-3-2-4-6-16/h2-8,10-11,17H,9,12,14H2,1H3. The predicted molar refractivity (Wildman–Crippen MR) is 80.2 cm³/mol. The topological polar surface area (TPSA) is 39.9 Å². The van der Waals surface area contributed by atoms with Crippen molar-refractivity contribution in [2.24, 2.45) is 0 Å². The zero-order valence-corrected chi connectivity index (χ0v) is 11.7. The van der Waals surface area contributed by atoms with Crippen LogP contribution < -0.4 is 0 Å². The lowest BCUT2D eigenvalue weighted by molar-refractivity contribution is 0.331. The summed E-state index contributed by atoms with van der Waals surface area (Å²) in [7, 11) is 2.06. The average Bonchev–Trinajstić information content (AvgIpc) is 2.52. The molecule has 1 unspecified atom stereocenters. The van der Waals surface area contributed by atoms with Crippen molar-refractivity contribution >= 4 is 0 Å². The summed E-state index contributed by atoms with van der Waals surface area (Å²) >= 11 is 0. The molecule has 0 radical (unpaired) electrons. The maximum atomic E-state index is 9.33. The van der Waals surface area contributed by atoms with Gasteiger partial charge in [-0.25, -0.2) is 0 Å². The number of benzene rings is 1. The molecular formula is C17H19N3. The molecule has 2 rings (SSSR count). The number of hydrogen-bond donors (Lipinski definition) is 0. The molecule has 1 aromatic carbocycles. The molecule has 0 aliphatic rings. The Morgan fingerprint density at radius 2 is 1.85 bits per heavy atom. The van der Waals surface area contributed by atoms with E-state index in [9.17, 15) is 5.26 Å². The van der Waals surface area contributed by atoms with Crippen LogP contribution in [-0.4, -0.2) is 30.0 Å². The summed E-state index contributed by atoms with van der Waals surface area (Å²) in [5, 5.41) is 9.33. The van der Waals surface area contributed by atoms with Gasteiger partial charge in [-0.1, -0.05) is 30.3 Å². The molecule has 0 N–H and O–H groups in total. The van der Waals surface area contributed by atoms with Gasteiger partial charge in [0.25, 0.3) is 0 Å². The van der Waals surface area contributed by atoms with Gasteiger partial charge in [-0.2, -0.15) is 5.26 Å². The van der Waals surface area contributed by atoms with E-state index in [1.807, 2.05) is 54.9 Å². The molecule has 102 valence electrons. The fraction of sp³-hybridized carbons (Fsp3) is 0.294. The van der Waals surface area contributed by atoms with Gasteiger partial charge in [0, 0.05) is 25.5 Å². The molecule has 0 aliphatic heterocycles. The smallest absolute Gasteiger partial charge is 0.0839 e. The van der Waals surface area contributed by atoms with E-state index < -0.39 is 0 Å². The highest BCUT2D eigenvalue weighted by Crippen LogP contribution is 2.15. The Bertz CT molecular complexity index is 545. The molecule has 1 aromatic heterocycles. The Morgan fingerprint density at radius 1 is 1.15 bits per heavy atom. The molecule has 0 amide bonds. The first-order chi connectivity index (χ1) is 9.79. The zero-order valence-electron chi connectivity index (χ0n) is 11.7. The van der Waals surface area contributed by atoms with Crippen LogP contribution in [0.3, 0.4) is 0 Å². The normalized spacial score (nSPS) is 12.1. The van der Waals surface area contributed by atoms with Crippen molar-refractivity contribution in [1.29, 1.82) is 5.26 Å². The van der Waals surface area contributed by atoms with E-state index >= 15 is 0 Å². The minimum atomic E-state index is -0.0707. The van der Waals surface area contributed by atoms with Crippen molar-refractivity contribution in [3.8, 4) is 6.07 Å². The zero-order chi connectivity index (χ0) is 14.2. The molecule has 0 saturated heterocycles. The molecule has 20 heavy (non-hydrogen) atoms. The maximum Gasteiger partial charge on any atom is 0.0839 e. The predicted octanol–water partition coefficient (Wildman–Crippen LogP) is 2.86. The third-order valence-electron chi connectivity index (χ3n) is 3.38. The molecule has 0 fully saturated rings. The molecule has 0 saturated carbocycles. The van der Waals surface area contributed by atoms with Crippen LogP contribution in [0, 0.1) is 11.3 Å². The van der Waals surface area contributed by atoms with Crippen molar-refractivity contribution in [3.05, 3.63) is 66.0 Å². The summed E-state index contributed by atoms with van der Waals surface area (Å²) < 4.78 is 0. The van der Waals surface area contributed by atoms with E-state index in [0.717, 1.165) is 25.1 Å². The number of nitrogens with zero attached hydrogens (tertiary/aromatic N) is 3. The molecule has 0 spiro atoms. The molecule has 2 aromatic rings. The summed E-state index contributed by atoms with van der Waals surface area (Å²) in [5.74, 6) is -0.0707. The quantitative estimate of drug-likeness (QED) is 0.806. The van der Waals surface area contributed by atoms with Gasteiger partial charge in [-0.15, -0.1) is 0 Å². The Hall–Kier alpha value is -2.18. The van der Waals surface area contributed by atoms with Gasteiger partial charge in [0.05, 0.1) is 12.0 Å². The second-order valence-corrected chi connectivity index (χ2v) is 4.96. The largest absolute Gasteiger partial charge is 0.304 e. The highest BCUT2D eigenvalue weighted by Gasteiger charge is 2.12. The third-order valence-corrected chi connectivity index (χ3v) is 3.38. The fourth-order valence-corrected chi connectivity index (χ4v) is 2.18. The number of nitriles is 1. The molecule has 3 heteroatoms. The molecule has 1 heterocycles. The SMILES string of the molecule is CN(CCc1ccncc1)CC(C#N)c1ccccc1. The number of aromatic nitrogens is 1. The number of rotatable bonds is 6. The van der Waals surface area contributed by atoms with Crippen LogP contribution >= 0.6 is 0 Å². The van der Waals surface area contributed by atoms with Crippen molar-refractivity contribution in [3.63, 3.8) is 0 Å². The third kappa shape index (κ3) is 4.18. The average molecular weight is 265 g/mol. The van der Waals surface area contributed by atoms with E-state index in [-0.39, 0.29) is 5.92 Å². The van der Waals surface area contributed by atoms with E-state index in [0.29, 0.717) is 0 Å². The molecule has 0 aliphatic carbocycles. The fourth-order valence-electron chi connectivity index (χ4n) is 2.18. The summed E-state index contributed by atoms with van der Waals surface area (Å²) in [6.07, 6.45) is 4.61. The minimum absolute atomic E-state index is 0.0707. The second-order valence-electron chi connectivity index (χ2n) is 4.96. The lowest BCUT2D eigenvalue weighted by atomic mass is 10.0. The molecule has 0 bridgehead atoms. The summed E-state index contributed by atoms with van der Waals surface area (Å²) in [6, 6.07) is 16.4. The van der Waals surface area contributed by atoms with Gasteiger partial charge in [0.15, 0.2) is 0 Å². The van der Waals surface area contributed by atoms with Gasteiger partial charge in [0.1, 0.15) is 0 Å². The van der Waals surface area contributed by atoms with Gasteiger partial charge in [-0.3, -0.25) is 4.98 Å². The first-order valence-electron chi connectivity index (χ1n) is 6.81. The Kier molecular flexibility index (Phi) is 5.28. The van der Waals surface area contributed by atoms with Gasteiger partial charge >= 0.3 is 0 Å². The maximum absolute atomic E-state index is 9.33. The number of hydrogen-bond acceptors (Lipinski definition) is 3. The highest BCUT2D eigenvalue weighted by atomic mass is 15.1. The minimum Gasteiger partial charge on any atom is -0.304 e. The van der Waals surface area contributed by atoms with Crippen LogP contribution in [0.5, 0.6) is 0 Å². The molecule has 1 atom stereocenters. The van der Waals surface area contributed by atoms with Crippen molar-refractivity contribution in [2.75, 3.05) is 20.1 Å². The van der Waals surface area contributed by atoms with E-state index in [4.69, 9.17) is 0 Å². The van der Waals surface area contributed by atoms with E-state index in [1.54, 1.807) is 0 Å². The van der Waals surface area contributed by atoms with E-state index in [1.165, 1.54) is 5.56 Å². The Morgan fingerprint density at radius 3 is 2.50 bits per heavy atom. The lowest BCUT2D eigenvalue weighted by Crippen LogP contribution is -2.26. The first-order valence-corrected chi connectivity index (χ1v) is 6.81. The Balaban J connectivity index is 1.87. The summed E-state index contributed by atoms with van der Waals surface area (Å²) in [5.41, 5.74) is 2.37. The van der Waals surface area contributed by atoms with Crippen LogP contribution in [0.4, 0.5) is 0 Å². The van der Waals surface area contributed by atoms with Crippen molar-refractivity contribution in [1.82, 2.24) is 9.88 Å². The highest BCUT2D eigenvalue weighted by molar-refractivity contribution is 5.25. The molecular weight excluding hydrogens is 246 g/mol. The summed E-state index contributed by atoms with van der Waals surface area (Å²) in [4.78, 5) is 6.23. The van der Waals surface area contributed by atoms with Crippen LogP contribution in [-0.2, 0) is 6.42 Å². The van der Waals surface area contributed by atoms with Gasteiger partial charge in [-0.05, 0) is 36.7 Å². The van der Waals surface area contributed by atoms with Gasteiger partial charge < -0.3 is 4.90 Å². The summed E-state index contributed by atoms with van der Waals surface area (Å²) in [6.45, 7) is 1.70. The molecule has 3 nitrogen and oxygen atoms in total. The van der Waals surface area contributed by atoms with Crippen LogP contribution in [0.1, 0.15) is 17.0 Å². The number of likely N-dealkylation sites (N-methyl/N-ethyl adjacent to an activating group) is 1. The Labute approximate surface area is 120 Å². The van der Waals surface area contributed by atoms with Gasteiger partial charge in [0.2, 0.25) is 0 Å². The first kappa shape index (κ1) is 14.2. The van der Waals surface area contributed by atoms with Crippen molar-refractivity contribution in [2.45, 2.75) is 12.3 Å². The lowest BCUT2D eigenvalue weighted by Gasteiger charge is -2.20. The van der Waals surface area contributed by atoms with E-state index in [2.05, 4.69) is 23.0 Å². The second kappa shape index (κ2) is 7.42.